The van der Waals surface area contributed by atoms with Gasteiger partial charge in [0.15, 0.2) is 5.38 Å². The maximum Gasteiger partial charge on any atom is 0.407 e. The smallest absolute Gasteiger partial charge is 0.407 e. The van der Waals surface area contributed by atoms with Crippen LogP contribution in [-0.4, -0.2) is 37.5 Å². The minimum atomic E-state index is -4.47. The predicted octanol–water partition coefficient (Wildman–Crippen LogP) is 7.63. The van der Waals surface area contributed by atoms with E-state index in [-0.39, 0.29) is 24.1 Å². The first-order chi connectivity index (χ1) is 14.6. The summed E-state index contributed by atoms with van der Waals surface area (Å²) in [4.78, 5) is 0. The molecule has 2 unspecified atom stereocenters. The van der Waals surface area contributed by atoms with Crippen LogP contribution < -0.4 is 9.47 Å². The lowest BCUT2D eigenvalue weighted by molar-refractivity contribution is -0.156. The number of unbranched alkanes of at least 4 members (excludes halogenated alkanes) is 1. The zero-order valence-corrected chi connectivity index (χ0v) is 20.3. The van der Waals surface area contributed by atoms with Crippen molar-refractivity contribution < 1.29 is 27.4 Å². The quantitative estimate of drug-likeness (QED) is 0.192. The van der Waals surface area contributed by atoms with Crippen LogP contribution in [0.1, 0.15) is 51.2 Å². The summed E-state index contributed by atoms with van der Waals surface area (Å²) in [6.07, 6.45) is -0.990. The zero-order chi connectivity index (χ0) is 23.4. The Labute approximate surface area is 197 Å². The first kappa shape index (κ1) is 28.2. The van der Waals surface area contributed by atoms with Gasteiger partial charge in [-0.3, -0.25) is 0 Å². The molecule has 2 atom stereocenters. The summed E-state index contributed by atoms with van der Waals surface area (Å²) in [6.45, 7) is 6.60. The van der Waals surface area contributed by atoms with E-state index in [2.05, 4.69) is 0 Å². The number of aryl methyl sites for hydroxylation is 2. The fraction of sp³-hybridized carbons (Fsp3) is 0.636. The molecule has 31 heavy (non-hydrogen) atoms. The molecule has 178 valence electrons. The van der Waals surface area contributed by atoms with E-state index in [4.69, 9.17) is 49.0 Å². The molecule has 9 heteroatoms. The van der Waals surface area contributed by atoms with Crippen molar-refractivity contribution in [2.45, 2.75) is 70.5 Å². The fourth-order valence-corrected chi connectivity index (χ4v) is 3.33. The highest BCUT2D eigenvalue weighted by atomic mass is 35.5. The van der Waals surface area contributed by atoms with E-state index in [9.17, 15) is 13.2 Å². The van der Waals surface area contributed by atoms with Crippen molar-refractivity contribution >= 4 is 34.8 Å². The van der Waals surface area contributed by atoms with Gasteiger partial charge in [0.2, 0.25) is 0 Å². The molecule has 0 saturated heterocycles. The van der Waals surface area contributed by atoms with E-state index < -0.39 is 17.7 Å². The van der Waals surface area contributed by atoms with E-state index in [1.54, 1.807) is 13.0 Å². The summed E-state index contributed by atoms with van der Waals surface area (Å²) in [6, 6.07) is 3.86. The first-order valence-electron chi connectivity index (χ1n) is 10.4. The maximum absolute atomic E-state index is 12.7. The largest absolute Gasteiger partial charge is 0.493 e. The molecular weight excluding hydrogens is 476 g/mol. The number of hydrogen-bond acceptors (Lipinski definition) is 3. The van der Waals surface area contributed by atoms with Crippen molar-refractivity contribution in [3.8, 4) is 11.5 Å². The zero-order valence-electron chi connectivity index (χ0n) is 18.0. The Bertz CT molecular complexity index is 667. The molecule has 1 aromatic rings. The van der Waals surface area contributed by atoms with Crippen molar-refractivity contribution in [1.29, 1.82) is 0 Å². The number of ether oxygens (including phenoxy) is 3. The summed E-state index contributed by atoms with van der Waals surface area (Å²) >= 11 is 16.7. The number of rotatable bonds is 14. The summed E-state index contributed by atoms with van der Waals surface area (Å²) in [5, 5.41) is -2.00. The van der Waals surface area contributed by atoms with Crippen LogP contribution in [0.5, 0.6) is 11.5 Å². The minimum Gasteiger partial charge on any atom is -0.493 e. The molecule has 1 rings (SSSR count). The second kappa shape index (κ2) is 14.4. The summed E-state index contributed by atoms with van der Waals surface area (Å²) in [7, 11) is 0. The van der Waals surface area contributed by atoms with Crippen LogP contribution in [0.4, 0.5) is 13.2 Å². The topological polar surface area (TPSA) is 27.7 Å². The fourth-order valence-electron chi connectivity index (χ4n) is 2.95. The van der Waals surface area contributed by atoms with Crippen molar-refractivity contribution in [2.24, 2.45) is 0 Å². The Kier molecular flexibility index (Phi) is 13.1. The second-order valence-corrected chi connectivity index (χ2v) is 8.38. The summed E-state index contributed by atoms with van der Waals surface area (Å²) in [5.74, 6) is 1.54. The highest BCUT2D eigenvalue weighted by Crippen LogP contribution is 2.32. The van der Waals surface area contributed by atoms with Gasteiger partial charge in [0.1, 0.15) is 22.6 Å². The van der Waals surface area contributed by atoms with Crippen molar-refractivity contribution in [3.05, 3.63) is 33.8 Å². The Hall–Kier alpha value is -0.820. The average Bonchev–Trinajstić information content (AvgIpc) is 2.71. The molecule has 0 fully saturated rings. The van der Waals surface area contributed by atoms with Gasteiger partial charge >= 0.3 is 6.18 Å². The van der Waals surface area contributed by atoms with Crippen molar-refractivity contribution in [2.75, 3.05) is 19.8 Å². The van der Waals surface area contributed by atoms with E-state index in [0.29, 0.717) is 25.2 Å². The monoisotopic (exact) mass is 504 g/mol. The Morgan fingerprint density at radius 2 is 1.58 bits per heavy atom. The number of alkyl halides is 4. The Morgan fingerprint density at radius 1 is 1.00 bits per heavy atom. The molecule has 0 spiro atoms. The minimum absolute atomic E-state index is 0.153. The highest BCUT2D eigenvalue weighted by molar-refractivity contribution is 6.55. The molecule has 0 bridgehead atoms. The Balaban J connectivity index is 2.58. The molecule has 0 amide bonds. The lowest BCUT2D eigenvalue weighted by Gasteiger charge is -2.23. The van der Waals surface area contributed by atoms with E-state index >= 15 is 0 Å². The number of hydrogen-bond donors (Lipinski definition) is 0. The molecule has 0 radical (unpaired) electrons. The normalized spacial score (nSPS) is 13.6. The molecule has 0 aliphatic carbocycles. The summed E-state index contributed by atoms with van der Waals surface area (Å²) < 4.78 is 55.4. The van der Waals surface area contributed by atoms with Gasteiger partial charge in [0, 0.05) is 6.61 Å². The summed E-state index contributed by atoms with van der Waals surface area (Å²) in [5.41, 5.74) is 2.04. The van der Waals surface area contributed by atoms with Gasteiger partial charge in [-0.1, -0.05) is 44.0 Å². The van der Waals surface area contributed by atoms with Gasteiger partial charge in [-0.15, -0.1) is 11.6 Å². The van der Waals surface area contributed by atoms with Gasteiger partial charge in [0.25, 0.3) is 0 Å². The van der Waals surface area contributed by atoms with Gasteiger partial charge in [0.05, 0.1) is 12.7 Å². The van der Waals surface area contributed by atoms with Crippen LogP contribution >= 0.6 is 34.8 Å². The van der Waals surface area contributed by atoms with Crippen LogP contribution in [0, 0.1) is 0 Å². The molecule has 0 aliphatic heterocycles. The van der Waals surface area contributed by atoms with Crippen LogP contribution in [0.15, 0.2) is 22.7 Å². The maximum atomic E-state index is 12.7. The highest BCUT2D eigenvalue weighted by Gasteiger charge is 2.43. The van der Waals surface area contributed by atoms with E-state index in [0.717, 1.165) is 29.7 Å². The van der Waals surface area contributed by atoms with Gasteiger partial charge in [-0.2, -0.15) is 13.2 Å². The van der Waals surface area contributed by atoms with Crippen LogP contribution in [0.2, 0.25) is 0 Å². The number of benzene rings is 1. The SMILES string of the molecule is CCc1cc(OCC=C(Cl)Cl)cc(CC)c1OCCCCOC(CC)C(Cl)C(F)(F)F. The van der Waals surface area contributed by atoms with Gasteiger partial charge in [-0.05, 0) is 61.4 Å². The number of halogens is 6. The first-order valence-corrected chi connectivity index (χ1v) is 11.6. The molecule has 0 N–H and O–H groups in total. The molecule has 1 aromatic carbocycles. The molecule has 0 saturated carbocycles. The third kappa shape index (κ3) is 10.1. The van der Waals surface area contributed by atoms with Crippen LogP contribution in [0.25, 0.3) is 0 Å². The Morgan fingerprint density at radius 3 is 2.06 bits per heavy atom. The van der Waals surface area contributed by atoms with E-state index in [1.165, 1.54) is 0 Å². The van der Waals surface area contributed by atoms with Crippen molar-refractivity contribution in [1.82, 2.24) is 0 Å². The van der Waals surface area contributed by atoms with Crippen LogP contribution in [-0.2, 0) is 17.6 Å². The third-order valence-corrected chi connectivity index (χ3v) is 5.46. The molecule has 3 nitrogen and oxygen atoms in total. The molecule has 0 aromatic heterocycles. The lowest BCUT2D eigenvalue weighted by atomic mass is 10.0. The van der Waals surface area contributed by atoms with Gasteiger partial charge < -0.3 is 14.2 Å². The van der Waals surface area contributed by atoms with Crippen LogP contribution in [0.3, 0.4) is 0 Å². The molecule has 0 aliphatic rings. The second-order valence-electron chi connectivity index (χ2n) is 6.90. The molecule has 0 heterocycles. The molecular formula is C22H30Cl3F3O3. The third-order valence-electron chi connectivity index (χ3n) is 4.62. The lowest BCUT2D eigenvalue weighted by Crippen LogP contribution is -2.36. The average molecular weight is 506 g/mol. The standard InChI is InChI=1S/C22H30Cl3F3O3/c1-4-15-13-17(29-12-9-19(23)24)14-16(5-2)20(15)31-11-8-7-10-30-18(6-3)21(25)22(26,27)28/h9,13-14,18,21H,4-8,10-12H2,1-3H3. The predicted molar refractivity (Wildman–Crippen MR) is 121 cm³/mol. The van der Waals surface area contributed by atoms with Crippen molar-refractivity contribution in [3.63, 3.8) is 0 Å². The van der Waals surface area contributed by atoms with E-state index in [1.807, 2.05) is 26.0 Å². The van der Waals surface area contributed by atoms with Gasteiger partial charge in [-0.25, -0.2) is 0 Å².